The van der Waals surface area contributed by atoms with Crippen LogP contribution in [0, 0.1) is 0 Å². The first-order valence-electron chi connectivity index (χ1n) is 8.63. The Kier molecular flexibility index (Phi) is 5.59. The molecular formula is C19H17Cl2N3O3S. The highest BCUT2D eigenvalue weighted by Crippen LogP contribution is 2.34. The highest BCUT2D eigenvalue weighted by Gasteiger charge is 2.17. The van der Waals surface area contributed by atoms with E-state index in [0.717, 1.165) is 28.4 Å². The van der Waals surface area contributed by atoms with Crippen molar-refractivity contribution < 1.29 is 14.3 Å². The minimum absolute atomic E-state index is 0.285. The summed E-state index contributed by atoms with van der Waals surface area (Å²) in [5, 5.41) is 4.42. The summed E-state index contributed by atoms with van der Waals surface area (Å²) in [7, 11) is 1.47. The molecule has 9 heteroatoms. The summed E-state index contributed by atoms with van der Waals surface area (Å²) in [5.41, 5.74) is 1.94. The number of nitrogens with zero attached hydrogens (tertiary/aromatic N) is 2. The van der Waals surface area contributed by atoms with Gasteiger partial charge in [0, 0.05) is 24.3 Å². The van der Waals surface area contributed by atoms with Crippen molar-refractivity contribution in [3.8, 4) is 5.75 Å². The first-order valence-corrected chi connectivity index (χ1v) is 10.2. The maximum atomic E-state index is 12.6. The second kappa shape index (κ2) is 8.13. The van der Waals surface area contributed by atoms with E-state index in [1.54, 1.807) is 11.3 Å². The van der Waals surface area contributed by atoms with E-state index in [-0.39, 0.29) is 16.0 Å². The lowest BCUT2D eigenvalue weighted by molar-refractivity contribution is 0.102. The summed E-state index contributed by atoms with van der Waals surface area (Å²) in [6.45, 7) is 3.10. The second-order valence-corrected chi connectivity index (χ2v) is 8.03. The van der Waals surface area contributed by atoms with Gasteiger partial charge in [-0.25, -0.2) is 4.98 Å². The number of ether oxygens (including phenoxy) is 2. The molecule has 1 aromatic heterocycles. The molecule has 0 radical (unpaired) electrons. The Labute approximate surface area is 176 Å². The predicted octanol–water partition coefficient (Wildman–Crippen LogP) is 4.70. The van der Waals surface area contributed by atoms with Crippen LogP contribution >= 0.6 is 34.5 Å². The van der Waals surface area contributed by atoms with Gasteiger partial charge in [-0.2, -0.15) is 0 Å². The largest absolute Gasteiger partial charge is 0.494 e. The van der Waals surface area contributed by atoms with Crippen LogP contribution in [0.25, 0.3) is 10.2 Å². The van der Waals surface area contributed by atoms with E-state index in [0.29, 0.717) is 30.2 Å². The van der Waals surface area contributed by atoms with Crippen molar-refractivity contribution in [2.45, 2.75) is 0 Å². The lowest BCUT2D eigenvalue weighted by atomic mass is 10.2. The topological polar surface area (TPSA) is 63.7 Å². The van der Waals surface area contributed by atoms with E-state index in [4.69, 9.17) is 32.7 Å². The zero-order chi connectivity index (χ0) is 19.7. The van der Waals surface area contributed by atoms with Crippen molar-refractivity contribution in [3.05, 3.63) is 45.9 Å². The van der Waals surface area contributed by atoms with Crippen LogP contribution in [0.15, 0.2) is 30.3 Å². The molecule has 1 fully saturated rings. The molecule has 1 N–H and O–H groups in total. The van der Waals surface area contributed by atoms with Crippen LogP contribution in [0.3, 0.4) is 0 Å². The fourth-order valence-corrected chi connectivity index (χ4v) is 4.67. The minimum Gasteiger partial charge on any atom is -0.494 e. The van der Waals surface area contributed by atoms with Gasteiger partial charge < -0.3 is 19.7 Å². The summed E-state index contributed by atoms with van der Waals surface area (Å²) in [6.07, 6.45) is 0. The number of hydrogen-bond donors (Lipinski definition) is 1. The Morgan fingerprint density at radius 3 is 2.61 bits per heavy atom. The normalized spacial score (nSPS) is 14.3. The van der Waals surface area contributed by atoms with Gasteiger partial charge in [0.05, 0.1) is 40.6 Å². The first-order chi connectivity index (χ1) is 13.5. The number of rotatable bonds is 4. The monoisotopic (exact) mass is 437 g/mol. The molecule has 6 nitrogen and oxygen atoms in total. The van der Waals surface area contributed by atoms with Gasteiger partial charge in [-0.3, -0.25) is 4.79 Å². The third-order valence-corrected chi connectivity index (χ3v) is 6.02. The summed E-state index contributed by atoms with van der Waals surface area (Å²) in [4.78, 5) is 19.5. The summed E-state index contributed by atoms with van der Waals surface area (Å²) < 4.78 is 11.5. The van der Waals surface area contributed by atoms with E-state index in [1.807, 2.05) is 18.2 Å². The molecule has 1 aliphatic rings. The zero-order valence-corrected chi connectivity index (χ0v) is 17.3. The van der Waals surface area contributed by atoms with Crippen LogP contribution < -0.4 is 15.0 Å². The van der Waals surface area contributed by atoms with Gasteiger partial charge in [0.2, 0.25) is 0 Å². The molecule has 28 heavy (non-hydrogen) atoms. The number of hydrogen-bond acceptors (Lipinski definition) is 6. The van der Waals surface area contributed by atoms with Crippen LogP contribution in [-0.2, 0) is 4.74 Å². The number of thiazole rings is 1. The number of nitrogens with one attached hydrogen (secondary N) is 1. The third-order valence-electron chi connectivity index (χ3n) is 4.38. The summed E-state index contributed by atoms with van der Waals surface area (Å²) >= 11 is 13.9. The van der Waals surface area contributed by atoms with Crippen LogP contribution in [0.2, 0.25) is 10.0 Å². The number of anilines is 2. The Morgan fingerprint density at radius 1 is 1.21 bits per heavy atom. The molecular weight excluding hydrogens is 421 g/mol. The van der Waals surface area contributed by atoms with Gasteiger partial charge >= 0.3 is 0 Å². The Hall–Kier alpha value is -2.06. The fraction of sp³-hybridized carbons (Fsp3) is 0.263. The average Bonchev–Trinajstić information content (AvgIpc) is 3.12. The van der Waals surface area contributed by atoms with E-state index < -0.39 is 0 Å². The maximum absolute atomic E-state index is 12.6. The highest BCUT2D eigenvalue weighted by atomic mass is 35.5. The van der Waals surface area contributed by atoms with E-state index >= 15 is 0 Å². The van der Waals surface area contributed by atoms with Gasteiger partial charge in [-0.1, -0.05) is 34.5 Å². The van der Waals surface area contributed by atoms with E-state index in [2.05, 4.69) is 15.2 Å². The standard InChI is InChI=1S/C19H17Cl2N3O3S/c1-26-17-13(20)8-11(9-14(17)21)18(25)22-12-2-3-15-16(10-12)28-19(23-15)24-4-6-27-7-5-24/h2-3,8-10H,4-7H2,1H3,(H,22,25). The minimum atomic E-state index is -0.302. The third kappa shape index (κ3) is 3.89. The van der Waals surface area contributed by atoms with Crippen LogP contribution in [0.4, 0.5) is 10.8 Å². The van der Waals surface area contributed by atoms with Gasteiger partial charge in [0.15, 0.2) is 10.9 Å². The molecule has 2 aromatic carbocycles. The number of morpholine rings is 1. The number of methoxy groups -OCH3 is 1. The van der Waals surface area contributed by atoms with Crippen molar-refractivity contribution >= 4 is 61.5 Å². The molecule has 1 saturated heterocycles. The lowest BCUT2D eigenvalue weighted by Crippen LogP contribution is -2.36. The number of aromatic nitrogens is 1. The molecule has 0 aliphatic carbocycles. The zero-order valence-electron chi connectivity index (χ0n) is 15.0. The number of fused-ring (bicyclic) bond motifs is 1. The predicted molar refractivity (Wildman–Crippen MR) is 114 cm³/mol. The van der Waals surface area contributed by atoms with Gasteiger partial charge in [0.1, 0.15) is 0 Å². The Bertz CT molecular complexity index is 1010. The van der Waals surface area contributed by atoms with E-state index in [9.17, 15) is 4.79 Å². The van der Waals surface area contributed by atoms with E-state index in [1.165, 1.54) is 19.2 Å². The Morgan fingerprint density at radius 2 is 1.93 bits per heavy atom. The molecule has 0 spiro atoms. The highest BCUT2D eigenvalue weighted by molar-refractivity contribution is 7.22. The van der Waals surface area contributed by atoms with Gasteiger partial charge in [-0.05, 0) is 30.3 Å². The van der Waals surface area contributed by atoms with Crippen LogP contribution in [-0.4, -0.2) is 44.3 Å². The lowest BCUT2D eigenvalue weighted by Gasteiger charge is -2.25. The quantitative estimate of drug-likeness (QED) is 0.640. The molecule has 2 heterocycles. The molecule has 1 aliphatic heterocycles. The van der Waals surface area contributed by atoms with Crippen molar-refractivity contribution in [1.29, 1.82) is 0 Å². The van der Waals surface area contributed by atoms with Crippen LogP contribution in [0.5, 0.6) is 5.75 Å². The van der Waals surface area contributed by atoms with Crippen molar-refractivity contribution in [1.82, 2.24) is 4.98 Å². The van der Waals surface area contributed by atoms with Crippen molar-refractivity contribution in [2.75, 3.05) is 43.6 Å². The summed E-state index contributed by atoms with van der Waals surface area (Å²) in [6, 6.07) is 8.71. The number of benzene rings is 2. The van der Waals surface area contributed by atoms with Gasteiger partial charge in [-0.15, -0.1) is 0 Å². The molecule has 3 aromatic rings. The van der Waals surface area contributed by atoms with Crippen molar-refractivity contribution in [3.63, 3.8) is 0 Å². The first kappa shape index (κ1) is 19.3. The Balaban J connectivity index is 1.55. The van der Waals surface area contributed by atoms with Crippen LogP contribution in [0.1, 0.15) is 10.4 Å². The number of amides is 1. The van der Waals surface area contributed by atoms with Crippen molar-refractivity contribution in [2.24, 2.45) is 0 Å². The molecule has 0 unspecified atom stereocenters. The number of carbonyl (C=O) groups excluding carboxylic acids is 1. The number of halogens is 2. The maximum Gasteiger partial charge on any atom is 0.255 e. The summed E-state index contributed by atoms with van der Waals surface area (Å²) in [5.74, 6) is 0.0466. The molecule has 146 valence electrons. The fourth-order valence-electron chi connectivity index (χ4n) is 2.97. The molecule has 0 saturated carbocycles. The molecule has 4 rings (SSSR count). The second-order valence-electron chi connectivity index (χ2n) is 6.21. The molecule has 0 bridgehead atoms. The number of carbonyl (C=O) groups is 1. The molecule has 0 atom stereocenters. The smallest absolute Gasteiger partial charge is 0.255 e. The SMILES string of the molecule is COc1c(Cl)cc(C(=O)Nc2ccc3nc(N4CCOCC4)sc3c2)cc1Cl. The van der Waals surface area contributed by atoms with Gasteiger partial charge in [0.25, 0.3) is 5.91 Å². The average molecular weight is 438 g/mol. The molecule has 1 amide bonds.